The van der Waals surface area contributed by atoms with Gasteiger partial charge in [-0.1, -0.05) is 0 Å². The van der Waals surface area contributed by atoms with Crippen LogP contribution in [0.4, 0.5) is 0 Å². The number of rotatable bonds is 3. The van der Waals surface area contributed by atoms with Crippen LogP contribution in [-0.4, -0.2) is 42.5 Å². The molecule has 3 heterocycles. The number of aryl methyl sites for hydroxylation is 1. The number of ether oxygens (including phenoxy) is 1. The van der Waals surface area contributed by atoms with E-state index >= 15 is 0 Å². The average molecular weight is 318 g/mol. The quantitative estimate of drug-likeness (QED) is 0.862. The van der Waals surface area contributed by atoms with Crippen molar-refractivity contribution in [2.75, 3.05) is 13.1 Å². The molecule has 5 nitrogen and oxygen atoms in total. The summed E-state index contributed by atoms with van der Waals surface area (Å²) in [5, 5.41) is 3.35. The average Bonchev–Trinajstić information content (AvgIpc) is 2.68. The third-order valence-electron chi connectivity index (χ3n) is 5.17. The zero-order valence-electron chi connectivity index (χ0n) is 14.8. The SMILES string of the molecule is Cc1cc(OC2CCCNC2)ncc1B1OC(C)(C)C(C)(C)O1. The van der Waals surface area contributed by atoms with Gasteiger partial charge in [-0.05, 0) is 59.6 Å². The number of aromatic nitrogens is 1. The van der Waals surface area contributed by atoms with Gasteiger partial charge in [0.1, 0.15) is 6.10 Å². The molecule has 1 unspecified atom stereocenters. The molecule has 0 bridgehead atoms. The Hall–Kier alpha value is -1.11. The molecule has 1 aromatic heterocycles. The molecule has 126 valence electrons. The number of nitrogens with zero attached hydrogens (tertiary/aromatic N) is 1. The molecule has 1 N–H and O–H groups in total. The molecular weight excluding hydrogens is 291 g/mol. The highest BCUT2D eigenvalue weighted by molar-refractivity contribution is 6.62. The first-order valence-electron chi connectivity index (χ1n) is 8.48. The number of pyridine rings is 1. The standard InChI is InChI=1S/C17H27BN2O3/c1-12-9-15(21-13-7-6-8-19-10-13)20-11-14(12)18-22-16(2,3)17(4,5)23-18/h9,11,13,19H,6-8,10H2,1-5H3. The van der Waals surface area contributed by atoms with Crippen LogP contribution in [0.5, 0.6) is 5.88 Å². The van der Waals surface area contributed by atoms with Gasteiger partial charge in [0.05, 0.1) is 11.2 Å². The minimum Gasteiger partial charge on any atom is -0.473 e. The summed E-state index contributed by atoms with van der Waals surface area (Å²) in [6.07, 6.45) is 4.25. The fraction of sp³-hybridized carbons (Fsp3) is 0.706. The molecule has 0 saturated carbocycles. The predicted octanol–water partition coefficient (Wildman–Crippen LogP) is 1.82. The normalized spacial score (nSPS) is 26.3. The lowest BCUT2D eigenvalue weighted by Crippen LogP contribution is -2.41. The molecule has 3 rings (SSSR count). The lowest BCUT2D eigenvalue weighted by Gasteiger charge is -2.32. The third-order valence-corrected chi connectivity index (χ3v) is 5.17. The molecule has 23 heavy (non-hydrogen) atoms. The summed E-state index contributed by atoms with van der Waals surface area (Å²) in [5.41, 5.74) is 1.37. The molecular formula is C17H27BN2O3. The topological polar surface area (TPSA) is 52.6 Å². The van der Waals surface area contributed by atoms with Crippen LogP contribution in [0, 0.1) is 6.92 Å². The number of hydrogen-bond donors (Lipinski definition) is 1. The van der Waals surface area contributed by atoms with Gasteiger partial charge in [-0.25, -0.2) is 4.98 Å². The summed E-state index contributed by atoms with van der Waals surface area (Å²) in [5.74, 6) is 0.677. The van der Waals surface area contributed by atoms with Gasteiger partial charge in [-0.3, -0.25) is 0 Å². The second-order valence-corrected chi connectivity index (χ2v) is 7.55. The van der Waals surface area contributed by atoms with Crippen molar-refractivity contribution in [3.8, 4) is 5.88 Å². The smallest absolute Gasteiger partial charge is 0.473 e. The number of piperidine rings is 1. The van der Waals surface area contributed by atoms with Crippen molar-refractivity contribution < 1.29 is 14.0 Å². The van der Waals surface area contributed by atoms with Gasteiger partial charge in [-0.2, -0.15) is 0 Å². The highest BCUT2D eigenvalue weighted by Crippen LogP contribution is 2.36. The molecule has 0 spiro atoms. The number of nitrogens with one attached hydrogen (secondary N) is 1. The molecule has 2 aliphatic rings. The van der Waals surface area contributed by atoms with E-state index in [9.17, 15) is 0 Å². The zero-order valence-corrected chi connectivity index (χ0v) is 14.8. The van der Waals surface area contributed by atoms with Crippen LogP contribution < -0.4 is 15.5 Å². The van der Waals surface area contributed by atoms with Crippen LogP contribution in [0.2, 0.25) is 0 Å². The molecule has 0 aromatic carbocycles. The van der Waals surface area contributed by atoms with Gasteiger partial charge in [-0.15, -0.1) is 0 Å². The zero-order chi connectivity index (χ0) is 16.7. The first kappa shape index (κ1) is 16.7. The van der Waals surface area contributed by atoms with Crippen LogP contribution in [0.25, 0.3) is 0 Å². The largest absolute Gasteiger partial charge is 0.496 e. The van der Waals surface area contributed by atoms with Crippen molar-refractivity contribution in [3.63, 3.8) is 0 Å². The second kappa shape index (κ2) is 6.08. The maximum Gasteiger partial charge on any atom is 0.496 e. The van der Waals surface area contributed by atoms with Gasteiger partial charge in [0.2, 0.25) is 5.88 Å². The first-order valence-corrected chi connectivity index (χ1v) is 8.48. The Balaban J connectivity index is 1.72. The van der Waals surface area contributed by atoms with Crippen molar-refractivity contribution in [1.29, 1.82) is 0 Å². The van der Waals surface area contributed by atoms with Gasteiger partial charge in [0, 0.05) is 24.3 Å². The summed E-state index contributed by atoms with van der Waals surface area (Å²) < 4.78 is 18.2. The third kappa shape index (κ3) is 3.39. The summed E-state index contributed by atoms with van der Waals surface area (Å²) in [6, 6.07) is 1.98. The minimum atomic E-state index is -0.377. The fourth-order valence-electron chi connectivity index (χ4n) is 2.91. The molecule has 0 aliphatic carbocycles. The Morgan fingerprint density at radius 2 is 1.96 bits per heavy atom. The van der Waals surface area contributed by atoms with Crippen LogP contribution in [0.1, 0.15) is 46.1 Å². The fourth-order valence-corrected chi connectivity index (χ4v) is 2.91. The first-order chi connectivity index (χ1) is 10.8. The van der Waals surface area contributed by atoms with E-state index in [4.69, 9.17) is 14.0 Å². The van der Waals surface area contributed by atoms with Crippen molar-refractivity contribution in [2.24, 2.45) is 0 Å². The maximum absolute atomic E-state index is 6.11. The van der Waals surface area contributed by atoms with Crippen molar-refractivity contribution >= 4 is 12.6 Å². The highest BCUT2D eigenvalue weighted by atomic mass is 16.7. The van der Waals surface area contributed by atoms with Crippen LogP contribution in [0.15, 0.2) is 12.3 Å². The Labute approximate surface area is 139 Å². The summed E-state index contributed by atoms with van der Waals surface area (Å²) >= 11 is 0. The maximum atomic E-state index is 6.11. The highest BCUT2D eigenvalue weighted by Gasteiger charge is 2.52. The minimum absolute atomic E-state index is 0.207. The van der Waals surface area contributed by atoms with Crippen LogP contribution in [0.3, 0.4) is 0 Å². The lowest BCUT2D eigenvalue weighted by atomic mass is 9.77. The Kier molecular flexibility index (Phi) is 4.42. The van der Waals surface area contributed by atoms with Gasteiger partial charge >= 0.3 is 7.12 Å². The van der Waals surface area contributed by atoms with Crippen molar-refractivity contribution in [3.05, 3.63) is 17.8 Å². The second-order valence-electron chi connectivity index (χ2n) is 7.55. The summed E-state index contributed by atoms with van der Waals surface area (Å²) in [6.45, 7) is 12.3. The van der Waals surface area contributed by atoms with Gasteiger partial charge < -0.3 is 19.4 Å². The number of hydrogen-bond acceptors (Lipinski definition) is 5. The van der Waals surface area contributed by atoms with Crippen LogP contribution in [-0.2, 0) is 9.31 Å². The lowest BCUT2D eigenvalue weighted by molar-refractivity contribution is 0.00578. The molecule has 2 aliphatic heterocycles. The van der Waals surface area contributed by atoms with E-state index in [-0.39, 0.29) is 24.4 Å². The predicted molar refractivity (Wildman–Crippen MR) is 91.2 cm³/mol. The molecule has 2 fully saturated rings. The van der Waals surface area contributed by atoms with E-state index in [2.05, 4.69) is 38.0 Å². The van der Waals surface area contributed by atoms with Gasteiger partial charge in [0.15, 0.2) is 0 Å². The van der Waals surface area contributed by atoms with Crippen molar-refractivity contribution in [2.45, 2.75) is 64.8 Å². The van der Waals surface area contributed by atoms with Crippen molar-refractivity contribution in [1.82, 2.24) is 10.3 Å². The van der Waals surface area contributed by atoms with E-state index in [1.807, 2.05) is 19.2 Å². The molecule has 1 atom stereocenters. The van der Waals surface area contributed by atoms with E-state index in [0.29, 0.717) is 5.88 Å². The van der Waals surface area contributed by atoms with Gasteiger partial charge in [0.25, 0.3) is 0 Å². The Morgan fingerprint density at radius 3 is 2.52 bits per heavy atom. The monoisotopic (exact) mass is 318 g/mol. The molecule has 6 heteroatoms. The Bertz CT molecular complexity index is 555. The molecule has 2 saturated heterocycles. The van der Waals surface area contributed by atoms with E-state index in [0.717, 1.165) is 37.0 Å². The van der Waals surface area contributed by atoms with E-state index in [1.165, 1.54) is 0 Å². The van der Waals surface area contributed by atoms with E-state index < -0.39 is 0 Å². The van der Waals surface area contributed by atoms with Crippen LogP contribution >= 0.6 is 0 Å². The molecule has 0 radical (unpaired) electrons. The molecule has 0 amide bonds. The van der Waals surface area contributed by atoms with E-state index in [1.54, 1.807) is 0 Å². The summed E-state index contributed by atoms with van der Waals surface area (Å²) in [4.78, 5) is 4.46. The molecule has 1 aromatic rings. The Morgan fingerprint density at radius 1 is 1.26 bits per heavy atom. The summed E-state index contributed by atoms with van der Waals surface area (Å²) in [7, 11) is -0.377.